The van der Waals surface area contributed by atoms with E-state index >= 15 is 0 Å². The molecular formula is C34H35Cl2N7O8S2. The van der Waals surface area contributed by atoms with Crippen LogP contribution in [0.5, 0.6) is 17.2 Å². The summed E-state index contributed by atoms with van der Waals surface area (Å²) in [6, 6.07) is 8.84. The highest BCUT2D eigenvalue weighted by Gasteiger charge is 2.36. The molecule has 280 valence electrons. The third-order valence-corrected chi connectivity index (χ3v) is 12.6. The summed E-state index contributed by atoms with van der Waals surface area (Å²) in [5.41, 5.74) is 4.44. The number of aromatic nitrogens is 3. The predicted molar refractivity (Wildman–Crippen MR) is 205 cm³/mol. The lowest BCUT2D eigenvalue weighted by molar-refractivity contribution is -0.111. The minimum Gasteiger partial charge on any atom is -0.496 e. The summed E-state index contributed by atoms with van der Waals surface area (Å²) in [4.78, 5) is 24.0. The number of nitrogens with zero attached hydrogens (tertiary/aromatic N) is 6. The molecule has 1 aliphatic rings. The van der Waals surface area contributed by atoms with E-state index in [1.165, 1.54) is 26.3 Å². The molecule has 0 unspecified atom stereocenters. The molecule has 0 bridgehead atoms. The molecule has 1 amide bonds. The number of halogens is 2. The zero-order chi connectivity index (χ0) is 38.4. The molecule has 0 spiro atoms. The van der Waals surface area contributed by atoms with Gasteiger partial charge in [-0.2, -0.15) is 0 Å². The van der Waals surface area contributed by atoms with Crippen LogP contribution >= 0.6 is 23.2 Å². The van der Waals surface area contributed by atoms with Crippen molar-refractivity contribution >= 4 is 77.1 Å². The molecule has 19 heteroatoms. The molecule has 53 heavy (non-hydrogen) atoms. The Hall–Kier alpha value is -4.65. The minimum atomic E-state index is -4.10. The van der Waals surface area contributed by atoms with E-state index in [9.17, 15) is 21.6 Å². The van der Waals surface area contributed by atoms with Gasteiger partial charge in [0.05, 0.1) is 66.5 Å². The van der Waals surface area contributed by atoms with E-state index in [2.05, 4.69) is 16.9 Å². The van der Waals surface area contributed by atoms with E-state index in [4.69, 9.17) is 42.4 Å². The summed E-state index contributed by atoms with van der Waals surface area (Å²) in [5, 5.41) is 5.43. The van der Waals surface area contributed by atoms with Crippen molar-refractivity contribution in [3.05, 3.63) is 71.6 Å². The number of methoxy groups -OCH3 is 3. The molecule has 2 aromatic carbocycles. The molecule has 0 aliphatic carbocycles. The first-order chi connectivity index (χ1) is 25.1. The number of piperazine rings is 1. The summed E-state index contributed by atoms with van der Waals surface area (Å²) in [6.45, 7) is 4.15. The van der Waals surface area contributed by atoms with Gasteiger partial charge < -0.3 is 24.4 Å². The number of anilines is 2. The average molecular weight is 805 g/mol. The first kappa shape index (κ1) is 38.1. The van der Waals surface area contributed by atoms with Crippen LogP contribution in [0.15, 0.2) is 61.6 Å². The first-order valence-electron chi connectivity index (χ1n) is 15.8. The number of imidazole rings is 1. The number of hydrogen-bond donors (Lipinski definition) is 1. The van der Waals surface area contributed by atoms with Crippen molar-refractivity contribution in [2.75, 3.05) is 70.2 Å². The van der Waals surface area contributed by atoms with Gasteiger partial charge in [-0.1, -0.05) is 29.8 Å². The van der Waals surface area contributed by atoms with E-state index in [0.717, 1.165) is 29.5 Å². The fourth-order valence-corrected chi connectivity index (χ4v) is 10.2. The van der Waals surface area contributed by atoms with Crippen LogP contribution in [0.2, 0.25) is 10.0 Å². The van der Waals surface area contributed by atoms with Gasteiger partial charge in [0.15, 0.2) is 0 Å². The second-order valence-electron chi connectivity index (χ2n) is 12.0. The number of benzene rings is 2. The van der Waals surface area contributed by atoms with E-state index in [1.807, 2.05) is 21.4 Å². The van der Waals surface area contributed by atoms with Gasteiger partial charge in [-0.25, -0.2) is 26.8 Å². The second-order valence-corrected chi connectivity index (χ2v) is 16.6. The van der Waals surface area contributed by atoms with Crippen molar-refractivity contribution in [3.8, 4) is 39.6 Å². The molecular weight excluding hydrogens is 769 g/mol. The molecule has 1 aliphatic heterocycles. The topological polar surface area (TPSA) is 165 Å². The zero-order valence-electron chi connectivity index (χ0n) is 29.3. The van der Waals surface area contributed by atoms with Gasteiger partial charge in [-0.15, -0.1) is 0 Å². The van der Waals surface area contributed by atoms with Crippen LogP contribution in [-0.4, -0.2) is 106 Å². The standard InChI is InChI=1S/C34H35Cl2N7O8S2/c1-7-30(44)39-24-15-21(27(49-2)17-26(24)40-10-12-41(13-11-40)43(52(5,45)46)53(6,47)48)23-16-25-20(19-38-23)14-22(34-37-8-9-42(25)34)31-32(35)28(50-3)18-29(51-4)33(31)36/h7-9,14-19H,1,10-13H2,2-6H3,(H,39,44). The van der Waals surface area contributed by atoms with Crippen LogP contribution in [0, 0.1) is 0 Å². The summed E-state index contributed by atoms with van der Waals surface area (Å²) in [7, 11) is -3.69. The van der Waals surface area contributed by atoms with Gasteiger partial charge in [0, 0.05) is 79.0 Å². The predicted octanol–water partition coefficient (Wildman–Crippen LogP) is 4.93. The minimum absolute atomic E-state index is 0.0626. The van der Waals surface area contributed by atoms with E-state index in [0.29, 0.717) is 60.5 Å². The van der Waals surface area contributed by atoms with E-state index in [1.54, 1.807) is 36.8 Å². The lowest BCUT2D eigenvalue weighted by Gasteiger charge is -2.40. The number of nitrogens with one attached hydrogen (secondary N) is 1. The van der Waals surface area contributed by atoms with Crippen LogP contribution in [0.1, 0.15) is 0 Å². The van der Waals surface area contributed by atoms with E-state index < -0.39 is 26.0 Å². The van der Waals surface area contributed by atoms with Crippen LogP contribution in [0.3, 0.4) is 0 Å². The summed E-state index contributed by atoms with van der Waals surface area (Å²) >= 11 is 13.6. The van der Waals surface area contributed by atoms with Crippen molar-refractivity contribution in [2.24, 2.45) is 0 Å². The summed E-state index contributed by atoms with van der Waals surface area (Å²) in [5.74, 6) is 0.720. The smallest absolute Gasteiger partial charge is 0.247 e. The maximum Gasteiger partial charge on any atom is 0.247 e. The number of hydrogen-bond acceptors (Lipinski definition) is 12. The third kappa shape index (κ3) is 7.19. The van der Waals surface area contributed by atoms with Crippen molar-refractivity contribution < 1.29 is 35.8 Å². The molecule has 0 atom stereocenters. The Kier molecular flexibility index (Phi) is 10.5. The van der Waals surface area contributed by atoms with Gasteiger partial charge >= 0.3 is 0 Å². The fourth-order valence-electron chi connectivity index (χ4n) is 6.39. The molecule has 5 aromatic rings. The molecule has 0 radical (unpaired) electrons. The number of carbonyl (C=O) groups excluding carboxylic acids is 1. The SMILES string of the molecule is C=CC(=O)Nc1cc(-c2cc3c(cn2)cc(-c2c(Cl)c(OC)cc(OC)c2Cl)c2nccn23)c(OC)cc1N1CCN(N(S(C)(=O)=O)S(C)(=O)=O)CC1. The van der Waals surface area contributed by atoms with Gasteiger partial charge in [-0.05, 0) is 28.1 Å². The number of ether oxygens (including phenoxy) is 3. The van der Waals surface area contributed by atoms with Crippen molar-refractivity contribution in [3.63, 3.8) is 0 Å². The van der Waals surface area contributed by atoms with Gasteiger partial charge in [0.1, 0.15) is 22.9 Å². The number of carbonyl (C=O) groups is 1. The summed E-state index contributed by atoms with van der Waals surface area (Å²) < 4.78 is 68.6. The zero-order valence-corrected chi connectivity index (χ0v) is 32.4. The number of rotatable bonds is 11. The first-order valence-corrected chi connectivity index (χ1v) is 20.3. The van der Waals surface area contributed by atoms with Gasteiger partial charge in [0.25, 0.3) is 0 Å². The fraction of sp³-hybridized carbons (Fsp3) is 0.265. The molecule has 3 aromatic heterocycles. The quantitative estimate of drug-likeness (QED) is 0.179. The Labute approximate surface area is 316 Å². The Morgan fingerprint density at radius 1 is 0.868 bits per heavy atom. The molecule has 1 fully saturated rings. The molecule has 15 nitrogen and oxygen atoms in total. The number of fused-ring (bicyclic) bond motifs is 3. The van der Waals surface area contributed by atoms with Crippen LogP contribution < -0.4 is 24.4 Å². The monoisotopic (exact) mass is 803 g/mol. The number of hydrazine groups is 1. The highest BCUT2D eigenvalue weighted by molar-refractivity contribution is 8.03. The average Bonchev–Trinajstić information content (AvgIpc) is 3.61. The third-order valence-electron chi connectivity index (χ3n) is 8.63. The maximum absolute atomic E-state index is 12.7. The Bertz CT molecular complexity index is 2440. The highest BCUT2D eigenvalue weighted by atomic mass is 35.5. The highest BCUT2D eigenvalue weighted by Crippen LogP contribution is 2.48. The van der Waals surface area contributed by atoms with Crippen LogP contribution in [0.4, 0.5) is 11.4 Å². The Morgan fingerprint density at radius 2 is 1.49 bits per heavy atom. The normalized spacial score (nSPS) is 14.2. The Morgan fingerprint density at radius 3 is 2.06 bits per heavy atom. The number of pyridine rings is 2. The van der Waals surface area contributed by atoms with Crippen molar-refractivity contribution in [2.45, 2.75) is 0 Å². The largest absolute Gasteiger partial charge is 0.496 e. The summed E-state index contributed by atoms with van der Waals surface area (Å²) in [6.07, 6.45) is 7.97. The lowest BCUT2D eigenvalue weighted by atomic mass is 10.0. The molecule has 1 N–H and O–H groups in total. The molecule has 4 heterocycles. The van der Waals surface area contributed by atoms with Crippen LogP contribution in [0.25, 0.3) is 38.9 Å². The second kappa shape index (κ2) is 14.6. The van der Waals surface area contributed by atoms with Gasteiger partial charge in [0.2, 0.25) is 26.0 Å². The lowest BCUT2D eigenvalue weighted by Crippen LogP contribution is -2.57. The van der Waals surface area contributed by atoms with Crippen molar-refractivity contribution in [1.82, 2.24) is 23.2 Å². The Balaban J connectivity index is 1.44. The molecule has 6 rings (SSSR count). The maximum atomic E-state index is 12.7. The van der Waals surface area contributed by atoms with Gasteiger partial charge in [-0.3, -0.25) is 14.2 Å². The molecule has 1 saturated heterocycles. The van der Waals surface area contributed by atoms with Crippen LogP contribution in [-0.2, 0) is 24.8 Å². The van der Waals surface area contributed by atoms with E-state index in [-0.39, 0.29) is 36.2 Å². The number of amides is 1. The number of sulfonamides is 2. The molecule has 0 saturated carbocycles. The van der Waals surface area contributed by atoms with Crippen molar-refractivity contribution in [1.29, 1.82) is 0 Å².